The van der Waals surface area contributed by atoms with E-state index in [2.05, 4.69) is 20.8 Å². The Balaban J connectivity index is 1.50. The Kier molecular flexibility index (Phi) is 5.67. The maximum Gasteiger partial charge on any atom is 0.273 e. The Hall–Kier alpha value is -2.26. The van der Waals surface area contributed by atoms with E-state index in [0.717, 1.165) is 17.1 Å². The van der Waals surface area contributed by atoms with E-state index in [1.807, 2.05) is 12.3 Å². The average Bonchev–Trinajstić information content (AvgIpc) is 3.33. The van der Waals surface area contributed by atoms with E-state index in [9.17, 15) is 14.7 Å². The van der Waals surface area contributed by atoms with Crippen molar-refractivity contribution in [3.63, 3.8) is 0 Å². The summed E-state index contributed by atoms with van der Waals surface area (Å²) >= 11 is 1.52. The fourth-order valence-electron chi connectivity index (χ4n) is 3.00. The van der Waals surface area contributed by atoms with Crippen LogP contribution in [0.25, 0.3) is 0 Å². The molecule has 0 unspecified atom stereocenters. The van der Waals surface area contributed by atoms with Gasteiger partial charge in [0.15, 0.2) is 5.69 Å². The van der Waals surface area contributed by atoms with Crippen LogP contribution in [0.3, 0.4) is 0 Å². The molecule has 26 heavy (non-hydrogen) atoms. The van der Waals surface area contributed by atoms with Gasteiger partial charge in [0.1, 0.15) is 10.8 Å². The van der Waals surface area contributed by atoms with Crippen molar-refractivity contribution in [1.82, 2.24) is 20.8 Å². The molecule has 1 aliphatic rings. The highest BCUT2D eigenvalue weighted by atomic mass is 32.1. The molecule has 3 rings (SSSR count). The van der Waals surface area contributed by atoms with Gasteiger partial charge in [0.25, 0.3) is 5.91 Å². The minimum Gasteiger partial charge on any atom is -0.391 e. The summed E-state index contributed by atoms with van der Waals surface area (Å²) in [5.74, 6) is -0.360. The summed E-state index contributed by atoms with van der Waals surface area (Å²) < 4.78 is 4.88. The van der Waals surface area contributed by atoms with Crippen molar-refractivity contribution in [3.05, 3.63) is 33.6 Å². The molecule has 2 aromatic heterocycles. The first-order valence-electron chi connectivity index (χ1n) is 8.59. The number of aryl methyl sites for hydroxylation is 2. The number of hydrogen-bond donors (Lipinski definition) is 3. The van der Waals surface area contributed by atoms with Gasteiger partial charge in [-0.3, -0.25) is 9.59 Å². The van der Waals surface area contributed by atoms with Crippen molar-refractivity contribution in [3.8, 4) is 0 Å². The van der Waals surface area contributed by atoms with Crippen molar-refractivity contribution >= 4 is 23.2 Å². The quantitative estimate of drug-likeness (QED) is 0.695. The molecule has 2 amide bonds. The minimum atomic E-state index is -0.769. The first-order valence-corrected chi connectivity index (χ1v) is 9.47. The van der Waals surface area contributed by atoms with Crippen molar-refractivity contribution < 1.29 is 19.2 Å². The zero-order valence-corrected chi connectivity index (χ0v) is 15.5. The van der Waals surface area contributed by atoms with Gasteiger partial charge in [-0.1, -0.05) is 12.1 Å². The van der Waals surface area contributed by atoms with Gasteiger partial charge in [0.05, 0.1) is 24.4 Å². The Morgan fingerprint density at radius 3 is 2.88 bits per heavy atom. The number of nitrogens with one attached hydrogen (secondary N) is 2. The number of nitrogens with zero attached hydrogens (tertiary/aromatic N) is 2. The lowest BCUT2D eigenvalue weighted by Crippen LogP contribution is -2.40. The number of carbonyl (C=O) groups excluding carboxylic acids is 2. The number of aromatic nitrogens is 2. The van der Waals surface area contributed by atoms with E-state index in [4.69, 9.17) is 4.52 Å². The predicted molar refractivity (Wildman–Crippen MR) is 94.6 cm³/mol. The van der Waals surface area contributed by atoms with E-state index >= 15 is 0 Å². The van der Waals surface area contributed by atoms with Gasteiger partial charge in [-0.15, -0.1) is 11.3 Å². The highest BCUT2D eigenvalue weighted by Crippen LogP contribution is 2.27. The normalized spacial score (nSPS) is 22.3. The second-order valence-electron chi connectivity index (χ2n) is 6.44. The van der Waals surface area contributed by atoms with Crippen molar-refractivity contribution in [2.45, 2.75) is 51.8 Å². The topological polar surface area (TPSA) is 117 Å². The summed E-state index contributed by atoms with van der Waals surface area (Å²) in [6.07, 6.45) is 0.792. The second kappa shape index (κ2) is 7.96. The molecule has 0 spiro atoms. The minimum absolute atomic E-state index is 0.133. The van der Waals surface area contributed by atoms with Gasteiger partial charge in [0.2, 0.25) is 5.91 Å². The third-order valence-electron chi connectivity index (χ3n) is 4.45. The van der Waals surface area contributed by atoms with Gasteiger partial charge >= 0.3 is 0 Å². The average molecular weight is 378 g/mol. The van der Waals surface area contributed by atoms with E-state index < -0.39 is 18.1 Å². The molecule has 1 fully saturated rings. The van der Waals surface area contributed by atoms with E-state index in [0.29, 0.717) is 25.1 Å². The molecule has 8 nitrogen and oxygen atoms in total. The number of carbonyl (C=O) groups is 2. The summed E-state index contributed by atoms with van der Waals surface area (Å²) in [6.45, 7) is 4.11. The number of aliphatic hydroxyl groups excluding tert-OH is 1. The number of aliphatic hydroxyl groups is 1. The maximum atomic E-state index is 12.4. The number of thiazole rings is 1. The van der Waals surface area contributed by atoms with Gasteiger partial charge < -0.3 is 20.3 Å². The van der Waals surface area contributed by atoms with Crippen LogP contribution in [-0.4, -0.2) is 39.2 Å². The van der Waals surface area contributed by atoms with Crippen LogP contribution >= 0.6 is 11.3 Å². The molecule has 0 radical (unpaired) electrons. The zero-order chi connectivity index (χ0) is 18.7. The summed E-state index contributed by atoms with van der Waals surface area (Å²) in [5, 5.41) is 22.3. The van der Waals surface area contributed by atoms with Crippen molar-refractivity contribution in [2.24, 2.45) is 5.92 Å². The predicted octanol–water partition coefficient (Wildman–Crippen LogP) is 1.19. The molecular weight excluding hydrogens is 356 g/mol. The highest BCUT2D eigenvalue weighted by Gasteiger charge is 2.38. The van der Waals surface area contributed by atoms with Gasteiger partial charge in [-0.25, -0.2) is 4.98 Å². The second-order valence-corrected chi connectivity index (χ2v) is 7.39. The fourth-order valence-corrected chi connectivity index (χ4v) is 3.82. The lowest BCUT2D eigenvalue weighted by atomic mass is 10.1. The van der Waals surface area contributed by atoms with Gasteiger partial charge in [-0.2, -0.15) is 0 Å². The van der Waals surface area contributed by atoms with Crippen LogP contribution in [0.5, 0.6) is 0 Å². The molecular formula is C17H22N4O4S. The molecule has 2 aromatic rings. The summed E-state index contributed by atoms with van der Waals surface area (Å²) in [5.41, 5.74) is 1.18. The molecule has 3 N–H and O–H groups in total. The zero-order valence-electron chi connectivity index (χ0n) is 14.7. The first-order chi connectivity index (χ1) is 12.5. The molecule has 1 aliphatic carbocycles. The molecule has 0 saturated heterocycles. The van der Waals surface area contributed by atoms with Crippen LogP contribution in [0.4, 0.5) is 0 Å². The Bertz CT molecular complexity index is 787. The summed E-state index contributed by atoms with van der Waals surface area (Å²) in [4.78, 5) is 28.9. The van der Waals surface area contributed by atoms with Crippen LogP contribution < -0.4 is 10.6 Å². The molecule has 0 aliphatic heterocycles. The molecule has 140 valence electrons. The van der Waals surface area contributed by atoms with Crippen LogP contribution in [-0.2, 0) is 17.8 Å². The Morgan fingerprint density at radius 1 is 1.42 bits per heavy atom. The Labute approximate surface area is 155 Å². The molecule has 2 heterocycles. The Morgan fingerprint density at radius 2 is 2.23 bits per heavy atom. The summed E-state index contributed by atoms with van der Waals surface area (Å²) in [7, 11) is 0. The number of rotatable bonds is 6. The van der Waals surface area contributed by atoms with E-state index in [1.54, 1.807) is 6.92 Å². The highest BCUT2D eigenvalue weighted by molar-refractivity contribution is 7.09. The third-order valence-corrected chi connectivity index (χ3v) is 5.35. The van der Waals surface area contributed by atoms with E-state index in [1.165, 1.54) is 17.4 Å². The number of amides is 2. The maximum absolute atomic E-state index is 12.4. The van der Waals surface area contributed by atoms with Crippen molar-refractivity contribution in [1.29, 1.82) is 0 Å². The fraction of sp³-hybridized carbons (Fsp3) is 0.529. The smallest absolute Gasteiger partial charge is 0.273 e. The van der Waals surface area contributed by atoms with Crippen LogP contribution in [0.1, 0.15) is 46.7 Å². The standard InChI is InChI=1S/C17H22N4O4S/c1-3-11-8-26-15(19-11)7-18-16(23)10-5-12(14(22)6-10)20-17(24)13-4-9(2)25-21-13/h4,8,10,12,14,22H,3,5-7H2,1-2H3,(H,18,23)(H,20,24)/t10-,12-,14-/m0/s1. The molecule has 1 saturated carbocycles. The molecule has 0 bridgehead atoms. The lowest BCUT2D eigenvalue weighted by Gasteiger charge is -2.15. The molecule has 0 aromatic carbocycles. The van der Waals surface area contributed by atoms with Gasteiger partial charge in [0, 0.05) is 17.4 Å². The van der Waals surface area contributed by atoms with Gasteiger partial charge in [-0.05, 0) is 26.2 Å². The SMILES string of the molecule is CCc1csc(CNC(=O)[C@H]2C[C@H](NC(=O)c3cc(C)on3)[C@@H](O)C2)n1. The van der Waals surface area contributed by atoms with Crippen LogP contribution in [0.2, 0.25) is 0 Å². The molecule has 3 atom stereocenters. The lowest BCUT2D eigenvalue weighted by molar-refractivity contribution is -0.125. The summed E-state index contributed by atoms with van der Waals surface area (Å²) in [6, 6.07) is 1.04. The third kappa shape index (κ3) is 4.28. The van der Waals surface area contributed by atoms with Crippen molar-refractivity contribution in [2.75, 3.05) is 0 Å². The molecule has 9 heteroatoms. The van der Waals surface area contributed by atoms with Crippen LogP contribution in [0.15, 0.2) is 16.0 Å². The first kappa shape index (κ1) is 18.5. The monoisotopic (exact) mass is 378 g/mol. The van der Waals surface area contributed by atoms with Crippen LogP contribution in [0, 0.1) is 12.8 Å². The van der Waals surface area contributed by atoms with E-state index in [-0.39, 0.29) is 17.5 Å². The number of hydrogen-bond acceptors (Lipinski definition) is 7. The largest absolute Gasteiger partial charge is 0.391 e.